The van der Waals surface area contributed by atoms with Gasteiger partial charge in [-0.2, -0.15) is 0 Å². The lowest BCUT2D eigenvalue weighted by molar-refractivity contribution is 1.19. The third kappa shape index (κ3) is 3.41. The Balaban J connectivity index is 1.18. The summed E-state index contributed by atoms with van der Waals surface area (Å²) in [6, 6.07) is 35.6. The molecule has 53 heavy (non-hydrogen) atoms. The van der Waals surface area contributed by atoms with E-state index in [1.54, 1.807) is 0 Å². The maximum absolute atomic E-state index is 9.10. The fourth-order valence-corrected chi connectivity index (χ4v) is 9.83. The van der Waals surface area contributed by atoms with Crippen LogP contribution in [0.5, 0.6) is 0 Å². The van der Waals surface area contributed by atoms with Gasteiger partial charge in [-0.25, -0.2) is 0 Å². The predicted octanol–water partition coefficient (Wildman–Crippen LogP) is 10.7. The maximum atomic E-state index is 9.10. The van der Waals surface area contributed by atoms with Crippen LogP contribution >= 0.6 is 0 Å². The second kappa shape index (κ2) is 9.94. The SMILES string of the molecule is [2H]c1c([2H])c([2H])c(-n2c3ccccc3c3cc4c5c(cccc5c32)B2c3c-4cccc3-c3cc4c5ccccc5n(-c5c([2H])c([2H])c([2H])c([2H])c5[2H])c4c4cccc2c34)c([2H])c1[2H]. The fourth-order valence-electron chi connectivity index (χ4n) is 9.83. The summed E-state index contributed by atoms with van der Waals surface area (Å²) in [7, 11) is 0. The van der Waals surface area contributed by atoms with Gasteiger partial charge < -0.3 is 9.13 Å². The van der Waals surface area contributed by atoms with Crippen LogP contribution in [-0.2, 0) is 0 Å². The summed E-state index contributed by atoms with van der Waals surface area (Å²) in [5, 5.41) is 7.46. The van der Waals surface area contributed by atoms with Crippen molar-refractivity contribution in [2.24, 2.45) is 0 Å². The van der Waals surface area contributed by atoms with E-state index in [2.05, 4.69) is 54.6 Å². The highest BCUT2D eigenvalue weighted by atomic mass is 15.0. The standard InChI is InChI=1S/C50H29BN2/c1-3-14-30(15-4-1)52-44-26-9-7-18-32(44)40-28-38-34-20-11-21-35-39-29-41-33-19-8-10-27-45(33)53(31-16-5-2-6-17-31)50(41)37-23-13-25-43(47(37)39)51(48(34)35)42-24-12-22-36(46(38)42)49(40)52/h1-29H/i1D,2D,3D,4D,5D,6D,14D,15D,16D,17D. The average Bonchev–Trinajstić information content (AvgIpc) is 3.81. The van der Waals surface area contributed by atoms with E-state index in [0.717, 1.165) is 98.3 Å². The Labute approximate surface area is 319 Å². The second-order valence-corrected chi connectivity index (χ2v) is 14.0. The van der Waals surface area contributed by atoms with E-state index in [4.69, 9.17) is 13.7 Å². The molecule has 0 unspecified atom stereocenters. The lowest BCUT2D eigenvalue weighted by Gasteiger charge is -2.34. The molecule has 2 nitrogen and oxygen atoms in total. The molecule has 2 aromatic heterocycles. The lowest BCUT2D eigenvalue weighted by atomic mass is 9.31. The summed E-state index contributed by atoms with van der Waals surface area (Å²) in [6.07, 6.45) is 0. The summed E-state index contributed by atoms with van der Waals surface area (Å²) in [6.45, 7) is -0.226. The minimum absolute atomic E-state index is 0.0984. The van der Waals surface area contributed by atoms with Crippen LogP contribution in [0.15, 0.2) is 176 Å². The number of fused-ring (bicyclic) bond motifs is 12. The van der Waals surface area contributed by atoms with Gasteiger partial charge in [0.05, 0.1) is 35.8 Å². The molecule has 0 fully saturated rings. The number of hydrogen-bond donors (Lipinski definition) is 0. The first-order valence-corrected chi connectivity index (χ1v) is 17.7. The molecule has 3 heteroatoms. The number of hydrogen-bond acceptors (Lipinski definition) is 0. The quantitative estimate of drug-likeness (QED) is 0.161. The van der Waals surface area contributed by atoms with Crippen LogP contribution in [0.4, 0.5) is 0 Å². The van der Waals surface area contributed by atoms with E-state index in [0.29, 0.717) is 0 Å². The van der Waals surface area contributed by atoms with Crippen molar-refractivity contribution in [1.29, 1.82) is 0 Å². The molecule has 0 bridgehead atoms. The molecule has 0 spiro atoms. The molecule has 2 aliphatic rings. The van der Waals surface area contributed by atoms with Crippen LogP contribution < -0.4 is 16.4 Å². The van der Waals surface area contributed by atoms with Crippen molar-refractivity contribution >= 4 is 88.3 Å². The molecular formula is C50H29BN2. The topological polar surface area (TPSA) is 9.86 Å². The van der Waals surface area contributed by atoms with E-state index >= 15 is 0 Å². The van der Waals surface area contributed by atoms with Gasteiger partial charge in [0.1, 0.15) is 0 Å². The molecule has 0 amide bonds. The second-order valence-electron chi connectivity index (χ2n) is 14.0. The number of benzene rings is 9. The zero-order valence-electron chi connectivity index (χ0n) is 37.9. The third-order valence-electron chi connectivity index (χ3n) is 11.7. The Bertz CT molecular complexity index is 3690. The highest BCUT2D eigenvalue weighted by molar-refractivity contribution is 7.01. The van der Waals surface area contributed by atoms with E-state index in [1.807, 2.05) is 69.8 Å². The minimum atomic E-state index is -0.441. The van der Waals surface area contributed by atoms with Crippen LogP contribution in [-0.4, -0.2) is 15.8 Å². The summed E-state index contributed by atoms with van der Waals surface area (Å²) in [5.41, 5.74) is 10.8. The summed E-state index contributed by atoms with van der Waals surface area (Å²) < 4.78 is 91.3. The highest BCUT2D eigenvalue weighted by Crippen LogP contribution is 2.46. The van der Waals surface area contributed by atoms with Gasteiger partial charge >= 0.3 is 0 Å². The average molecular weight is 679 g/mol. The van der Waals surface area contributed by atoms with Crippen molar-refractivity contribution in [3.8, 4) is 33.6 Å². The first-order chi connectivity index (χ1) is 30.5. The van der Waals surface area contributed by atoms with Crippen LogP contribution in [0.1, 0.15) is 13.7 Å². The van der Waals surface area contributed by atoms with E-state index < -0.39 is 36.3 Å². The molecule has 4 heterocycles. The van der Waals surface area contributed by atoms with Gasteiger partial charge in [0.25, 0.3) is 0 Å². The predicted molar refractivity (Wildman–Crippen MR) is 226 cm³/mol. The normalized spacial score (nSPS) is 15.5. The molecule has 2 aliphatic heterocycles. The molecular weight excluding hydrogens is 639 g/mol. The fraction of sp³-hybridized carbons (Fsp3) is 0. The van der Waals surface area contributed by atoms with Gasteiger partial charge in [0.2, 0.25) is 6.71 Å². The molecule has 0 aliphatic carbocycles. The van der Waals surface area contributed by atoms with Crippen molar-refractivity contribution in [2.75, 3.05) is 0 Å². The van der Waals surface area contributed by atoms with Crippen molar-refractivity contribution in [3.05, 3.63) is 176 Å². The Morgan fingerprint density at radius 3 is 1.32 bits per heavy atom. The van der Waals surface area contributed by atoms with Crippen LogP contribution in [0.2, 0.25) is 0 Å². The number of aromatic nitrogens is 2. The summed E-state index contributed by atoms with van der Waals surface area (Å²) >= 11 is 0. The molecule has 11 aromatic rings. The molecule has 0 saturated carbocycles. The zero-order valence-corrected chi connectivity index (χ0v) is 27.9. The Hall–Kier alpha value is -6.84. The summed E-state index contributed by atoms with van der Waals surface area (Å²) in [5.74, 6) is 0. The molecule has 13 rings (SSSR count). The van der Waals surface area contributed by atoms with Crippen LogP contribution in [0, 0.1) is 0 Å². The van der Waals surface area contributed by atoms with Gasteiger partial charge in [0, 0.05) is 43.7 Å². The first kappa shape index (κ1) is 20.3. The first-order valence-electron chi connectivity index (χ1n) is 22.7. The summed E-state index contributed by atoms with van der Waals surface area (Å²) in [4.78, 5) is 0. The molecule has 0 N–H and O–H groups in total. The Morgan fingerprint density at radius 2 is 0.830 bits per heavy atom. The van der Waals surface area contributed by atoms with Gasteiger partial charge in [-0.3, -0.25) is 0 Å². The van der Waals surface area contributed by atoms with Gasteiger partial charge in [0.15, 0.2) is 0 Å². The van der Waals surface area contributed by atoms with Gasteiger partial charge in [-0.05, 0) is 81.5 Å². The van der Waals surface area contributed by atoms with Crippen LogP contribution in [0.25, 0.3) is 98.8 Å². The lowest BCUT2D eigenvalue weighted by Crippen LogP contribution is -2.57. The van der Waals surface area contributed by atoms with Crippen LogP contribution in [0.3, 0.4) is 0 Å². The van der Waals surface area contributed by atoms with E-state index in [-0.39, 0.29) is 42.3 Å². The molecule has 0 atom stereocenters. The van der Waals surface area contributed by atoms with Crippen molar-refractivity contribution in [2.45, 2.75) is 0 Å². The van der Waals surface area contributed by atoms with Crippen molar-refractivity contribution in [1.82, 2.24) is 9.13 Å². The smallest absolute Gasteiger partial charge is 0.244 e. The van der Waals surface area contributed by atoms with Gasteiger partial charge in [-0.1, -0.05) is 144 Å². The highest BCUT2D eigenvalue weighted by Gasteiger charge is 2.39. The zero-order chi connectivity index (χ0) is 43.1. The third-order valence-corrected chi connectivity index (χ3v) is 11.7. The monoisotopic (exact) mass is 678 g/mol. The molecule has 0 saturated heterocycles. The Morgan fingerprint density at radius 1 is 0.396 bits per heavy atom. The minimum Gasteiger partial charge on any atom is -0.309 e. The largest absolute Gasteiger partial charge is 0.309 e. The number of rotatable bonds is 2. The molecule has 9 aromatic carbocycles. The Kier molecular flexibility index (Phi) is 3.80. The molecule has 242 valence electrons. The number of nitrogens with zero attached hydrogens (tertiary/aromatic N) is 2. The maximum Gasteiger partial charge on any atom is 0.244 e. The van der Waals surface area contributed by atoms with Crippen molar-refractivity contribution in [3.63, 3.8) is 0 Å². The van der Waals surface area contributed by atoms with E-state index in [1.165, 1.54) is 5.46 Å². The number of para-hydroxylation sites is 4. The van der Waals surface area contributed by atoms with E-state index in [9.17, 15) is 0 Å². The van der Waals surface area contributed by atoms with Crippen molar-refractivity contribution < 1.29 is 13.7 Å². The van der Waals surface area contributed by atoms with Gasteiger partial charge in [-0.15, -0.1) is 0 Å². The molecule has 0 radical (unpaired) electrons.